The van der Waals surface area contributed by atoms with E-state index in [1.165, 1.54) is 29.5 Å². The van der Waals surface area contributed by atoms with Gasteiger partial charge in [-0.1, -0.05) is 30.3 Å². The molecule has 3 aromatic heterocycles. The van der Waals surface area contributed by atoms with Crippen LogP contribution in [0.15, 0.2) is 54.9 Å². The first kappa shape index (κ1) is 22.7. The van der Waals surface area contributed by atoms with Crippen molar-refractivity contribution in [2.75, 3.05) is 17.2 Å². The number of aromatic nitrogens is 5. The highest BCUT2D eigenvalue weighted by molar-refractivity contribution is 5.96. The number of aromatic amines is 2. The smallest absolute Gasteiger partial charge is 0.222 e. The maximum absolute atomic E-state index is 9.43. The molecule has 190 valence electrons. The van der Waals surface area contributed by atoms with Crippen LogP contribution in [-0.2, 0) is 13.0 Å². The number of hydrogen-bond donors (Lipinski definition) is 4. The lowest BCUT2D eigenvalue weighted by Crippen LogP contribution is -2.20. The minimum absolute atomic E-state index is 0.0382. The zero-order valence-corrected chi connectivity index (χ0v) is 21.2. The average molecular weight is 504 g/mol. The number of nitrogens with one attached hydrogen (secondary N) is 2. The summed E-state index contributed by atoms with van der Waals surface area (Å²) in [6, 6.07) is 15.3. The quantitative estimate of drug-likeness (QED) is 0.249. The van der Waals surface area contributed by atoms with Crippen molar-refractivity contribution >= 4 is 28.7 Å². The molecule has 1 fully saturated rings. The number of nitrogens with zero attached hydrogens (tertiary/aromatic N) is 4. The second-order valence-corrected chi connectivity index (χ2v) is 10.2. The number of fused-ring (bicyclic) bond motifs is 2. The number of nitrogens with two attached hydrogens (primary N) is 1. The molecule has 5 aromatic rings. The van der Waals surface area contributed by atoms with E-state index in [4.69, 9.17) is 5.73 Å². The van der Waals surface area contributed by atoms with E-state index in [1.54, 1.807) is 6.20 Å². The minimum atomic E-state index is 0.0382. The molecule has 0 unspecified atom stereocenters. The summed E-state index contributed by atoms with van der Waals surface area (Å²) in [5, 5.41) is 17.5. The molecule has 0 amide bonds. The summed E-state index contributed by atoms with van der Waals surface area (Å²) in [4.78, 5) is 14.8. The molecule has 2 aromatic carbocycles. The molecule has 2 aliphatic rings. The van der Waals surface area contributed by atoms with Crippen LogP contribution < -0.4 is 10.6 Å². The summed E-state index contributed by atoms with van der Waals surface area (Å²) >= 11 is 0. The lowest BCUT2D eigenvalue weighted by atomic mass is 9.97. The third-order valence-electron chi connectivity index (χ3n) is 7.74. The molecule has 7 rings (SSSR count). The summed E-state index contributed by atoms with van der Waals surface area (Å²) in [6.07, 6.45) is 9.29. The van der Waals surface area contributed by atoms with Crippen molar-refractivity contribution in [3.8, 4) is 22.5 Å². The van der Waals surface area contributed by atoms with E-state index in [0.717, 1.165) is 57.3 Å². The number of aliphatic hydroxyl groups is 1. The standard InChI is InChI=1S/C30H29N7O/c1-17-22(3-2-4-27(17)37-11-9-20-13-19(18-5-6-18)7-8-21(20)16-37)28-23-14-26(33-29(23)35-30(31)34-28)24-15-32-36-25(24)10-12-38/h2-4,7-9,11,13-15,18,38H,5-6,10,12,16H2,1H3,(H,32,36)(H3,31,33,34,35). The van der Waals surface area contributed by atoms with Crippen molar-refractivity contribution in [1.82, 2.24) is 25.1 Å². The molecule has 0 radical (unpaired) electrons. The van der Waals surface area contributed by atoms with Crippen LogP contribution in [-0.4, -0.2) is 36.9 Å². The topological polar surface area (TPSA) is 120 Å². The van der Waals surface area contributed by atoms with Crippen LogP contribution in [0.3, 0.4) is 0 Å². The molecule has 1 aliphatic carbocycles. The van der Waals surface area contributed by atoms with Gasteiger partial charge < -0.3 is 20.7 Å². The van der Waals surface area contributed by atoms with Gasteiger partial charge in [-0.3, -0.25) is 5.10 Å². The van der Waals surface area contributed by atoms with E-state index in [1.807, 2.05) is 6.07 Å². The van der Waals surface area contributed by atoms with Gasteiger partial charge in [0, 0.05) is 53.7 Å². The second-order valence-electron chi connectivity index (χ2n) is 10.2. The normalized spacial score (nSPS) is 14.8. The van der Waals surface area contributed by atoms with Crippen molar-refractivity contribution in [2.24, 2.45) is 0 Å². The Labute approximate surface area is 220 Å². The van der Waals surface area contributed by atoms with Crippen LogP contribution in [0.25, 0.3) is 39.6 Å². The van der Waals surface area contributed by atoms with Crippen LogP contribution in [0.4, 0.5) is 11.6 Å². The molecular weight excluding hydrogens is 474 g/mol. The first-order chi connectivity index (χ1) is 18.6. The Balaban J connectivity index is 1.28. The number of rotatable bonds is 6. The Morgan fingerprint density at radius 1 is 1.11 bits per heavy atom. The van der Waals surface area contributed by atoms with Crippen LogP contribution in [0.5, 0.6) is 0 Å². The third-order valence-corrected chi connectivity index (χ3v) is 7.74. The van der Waals surface area contributed by atoms with Crippen molar-refractivity contribution in [3.63, 3.8) is 0 Å². The number of benzene rings is 2. The van der Waals surface area contributed by atoms with Crippen molar-refractivity contribution < 1.29 is 5.11 Å². The molecule has 38 heavy (non-hydrogen) atoms. The molecular formula is C30H29N7O. The van der Waals surface area contributed by atoms with E-state index in [0.29, 0.717) is 12.1 Å². The van der Waals surface area contributed by atoms with E-state index >= 15 is 0 Å². The first-order valence-corrected chi connectivity index (χ1v) is 13.1. The van der Waals surface area contributed by atoms with Gasteiger partial charge in [-0.2, -0.15) is 10.1 Å². The summed E-state index contributed by atoms with van der Waals surface area (Å²) in [5.74, 6) is 0.971. The number of anilines is 2. The van der Waals surface area contributed by atoms with Crippen LogP contribution >= 0.6 is 0 Å². The van der Waals surface area contributed by atoms with Crippen molar-refractivity contribution in [1.29, 1.82) is 0 Å². The molecule has 4 heterocycles. The first-order valence-electron chi connectivity index (χ1n) is 13.1. The summed E-state index contributed by atoms with van der Waals surface area (Å²) in [6.45, 7) is 3.00. The van der Waals surface area contributed by atoms with Crippen molar-refractivity contribution in [3.05, 3.63) is 82.8 Å². The van der Waals surface area contributed by atoms with Gasteiger partial charge in [0.15, 0.2) is 0 Å². The molecule has 1 saturated carbocycles. The molecule has 0 bridgehead atoms. The number of hydrogen-bond acceptors (Lipinski definition) is 6. The zero-order valence-electron chi connectivity index (χ0n) is 21.2. The van der Waals surface area contributed by atoms with E-state index < -0.39 is 0 Å². The molecule has 8 nitrogen and oxygen atoms in total. The highest BCUT2D eigenvalue weighted by Crippen LogP contribution is 2.42. The number of aliphatic hydroxyl groups excluding tert-OH is 1. The third kappa shape index (κ3) is 3.85. The van der Waals surface area contributed by atoms with Gasteiger partial charge in [0.2, 0.25) is 5.95 Å². The zero-order chi connectivity index (χ0) is 25.8. The van der Waals surface area contributed by atoms with Crippen LogP contribution in [0.1, 0.15) is 46.7 Å². The fourth-order valence-electron chi connectivity index (χ4n) is 5.57. The lowest BCUT2D eigenvalue weighted by Gasteiger charge is -2.28. The maximum atomic E-state index is 9.43. The van der Waals surface area contributed by atoms with Gasteiger partial charge in [-0.25, -0.2) is 4.98 Å². The summed E-state index contributed by atoms with van der Waals surface area (Å²) in [5.41, 5.74) is 17.6. The SMILES string of the molecule is Cc1c(-c2nc(N)nc3[nH]c(-c4cn[nH]c4CCO)cc23)cccc1N1C=Cc2cc(C3CC3)ccc2C1. The second kappa shape index (κ2) is 8.85. The molecule has 0 spiro atoms. The van der Waals surface area contributed by atoms with Crippen LogP contribution in [0.2, 0.25) is 0 Å². The van der Waals surface area contributed by atoms with Gasteiger partial charge in [0.25, 0.3) is 0 Å². The summed E-state index contributed by atoms with van der Waals surface area (Å²) in [7, 11) is 0. The Morgan fingerprint density at radius 2 is 2.00 bits per heavy atom. The Hall–Kier alpha value is -4.43. The number of H-pyrrole nitrogens is 2. The molecule has 1 aliphatic heterocycles. The van der Waals surface area contributed by atoms with E-state index in [9.17, 15) is 5.11 Å². The van der Waals surface area contributed by atoms with Gasteiger partial charge >= 0.3 is 0 Å². The predicted octanol–water partition coefficient (Wildman–Crippen LogP) is 5.31. The fraction of sp³-hybridized carbons (Fsp3) is 0.233. The predicted molar refractivity (Wildman–Crippen MR) is 150 cm³/mol. The molecule has 5 N–H and O–H groups in total. The highest BCUT2D eigenvalue weighted by atomic mass is 16.3. The molecule has 0 atom stereocenters. The van der Waals surface area contributed by atoms with Gasteiger partial charge in [0.1, 0.15) is 5.65 Å². The Bertz CT molecular complexity index is 1710. The van der Waals surface area contributed by atoms with Gasteiger partial charge in [-0.05, 0) is 66.1 Å². The Morgan fingerprint density at radius 3 is 2.84 bits per heavy atom. The van der Waals surface area contributed by atoms with Crippen LogP contribution in [0, 0.1) is 6.92 Å². The minimum Gasteiger partial charge on any atom is -0.396 e. The summed E-state index contributed by atoms with van der Waals surface area (Å²) < 4.78 is 0. The van der Waals surface area contributed by atoms with Gasteiger partial charge in [0.05, 0.1) is 17.6 Å². The fourth-order valence-corrected chi connectivity index (χ4v) is 5.57. The van der Waals surface area contributed by atoms with Crippen molar-refractivity contribution in [2.45, 2.75) is 38.6 Å². The monoisotopic (exact) mass is 503 g/mol. The molecule has 0 saturated heterocycles. The highest BCUT2D eigenvalue weighted by Gasteiger charge is 2.25. The average Bonchev–Trinajstić information content (AvgIpc) is 3.53. The molecule has 8 heteroatoms. The van der Waals surface area contributed by atoms with E-state index in [-0.39, 0.29) is 12.6 Å². The van der Waals surface area contributed by atoms with E-state index in [2.05, 4.69) is 85.6 Å². The largest absolute Gasteiger partial charge is 0.396 e. The van der Waals surface area contributed by atoms with Gasteiger partial charge in [-0.15, -0.1) is 0 Å². The maximum Gasteiger partial charge on any atom is 0.222 e. The number of nitrogen functional groups attached to an aromatic ring is 1. The Kier molecular flexibility index (Phi) is 5.30. The lowest BCUT2D eigenvalue weighted by molar-refractivity contribution is 0.298.